The fourth-order valence-corrected chi connectivity index (χ4v) is 3.48. The van der Waals surface area contributed by atoms with Crippen LogP contribution in [0.2, 0.25) is 0 Å². The fourth-order valence-electron chi connectivity index (χ4n) is 3.48. The van der Waals surface area contributed by atoms with Crippen LogP contribution in [0, 0.1) is 11.3 Å². The summed E-state index contributed by atoms with van der Waals surface area (Å²) in [5, 5.41) is 3.74. The zero-order valence-electron chi connectivity index (χ0n) is 14.7. The Morgan fingerprint density at radius 1 is 1.25 bits per heavy atom. The molecule has 0 amide bonds. The molecule has 20 heavy (non-hydrogen) atoms. The van der Waals surface area contributed by atoms with Crippen LogP contribution in [0.1, 0.15) is 73.1 Å². The predicted octanol–water partition coefficient (Wildman–Crippen LogP) is 4.30. The SMILES string of the molecule is CCCCCC(C)(C)CN1CCCNC(CC(C)C)C1. The smallest absolute Gasteiger partial charge is 0.0197 e. The molecule has 1 unspecified atom stereocenters. The molecule has 1 heterocycles. The van der Waals surface area contributed by atoms with Crippen LogP contribution in [-0.4, -0.2) is 37.1 Å². The highest BCUT2D eigenvalue weighted by molar-refractivity contribution is 4.81. The van der Waals surface area contributed by atoms with E-state index in [4.69, 9.17) is 0 Å². The molecule has 1 saturated heterocycles. The third kappa shape index (κ3) is 7.64. The van der Waals surface area contributed by atoms with E-state index in [0.29, 0.717) is 11.5 Å². The molecular weight excluding hydrogens is 244 g/mol. The third-order valence-electron chi connectivity index (χ3n) is 4.43. The second-order valence-corrected chi connectivity index (χ2v) is 7.99. The van der Waals surface area contributed by atoms with Crippen molar-refractivity contribution in [2.45, 2.75) is 79.2 Å². The lowest BCUT2D eigenvalue weighted by Crippen LogP contribution is -2.42. The first-order chi connectivity index (χ1) is 9.43. The molecule has 1 aliphatic rings. The molecule has 0 aromatic carbocycles. The summed E-state index contributed by atoms with van der Waals surface area (Å²) in [4.78, 5) is 2.72. The fraction of sp³-hybridized carbons (Fsp3) is 1.00. The van der Waals surface area contributed by atoms with Crippen molar-refractivity contribution in [1.82, 2.24) is 10.2 Å². The molecule has 0 saturated carbocycles. The average molecular weight is 283 g/mol. The maximum atomic E-state index is 3.74. The van der Waals surface area contributed by atoms with Crippen molar-refractivity contribution in [2.24, 2.45) is 11.3 Å². The van der Waals surface area contributed by atoms with Crippen LogP contribution in [0.3, 0.4) is 0 Å². The molecule has 0 aromatic heterocycles. The van der Waals surface area contributed by atoms with Gasteiger partial charge in [0.1, 0.15) is 0 Å². The summed E-state index contributed by atoms with van der Waals surface area (Å²) in [5.74, 6) is 0.796. The Hall–Kier alpha value is -0.0800. The molecule has 0 radical (unpaired) electrons. The standard InChI is InChI=1S/C18H38N2/c1-6-7-8-10-18(4,5)15-20-12-9-11-19-17(14-20)13-16(2)3/h16-17,19H,6-15H2,1-5H3. The molecule has 120 valence electrons. The van der Waals surface area contributed by atoms with Crippen LogP contribution >= 0.6 is 0 Å². The lowest BCUT2D eigenvalue weighted by atomic mass is 9.86. The first-order valence-electron chi connectivity index (χ1n) is 8.88. The van der Waals surface area contributed by atoms with Gasteiger partial charge in [-0.1, -0.05) is 53.9 Å². The lowest BCUT2D eigenvalue weighted by Gasteiger charge is -2.34. The molecule has 1 rings (SSSR count). The Morgan fingerprint density at radius 3 is 2.65 bits per heavy atom. The predicted molar refractivity (Wildman–Crippen MR) is 90.2 cm³/mol. The summed E-state index contributed by atoms with van der Waals surface area (Å²) in [5.41, 5.74) is 0.474. The Balaban J connectivity index is 2.42. The van der Waals surface area contributed by atoms with Gasteiger partial charge in [-0.05, 0) is 43.7 Å². The lowest BCUT2D eigenvalue weighted by molar-refractivity contribution is 0.160. The Labute approximate surface area is 127 Å². The van der Waals surface area contributed by atoms with Gasteiger partial charge >= 0.3 is 0 Å². The van der Waals surface area contributed by atoms with Crippen molar-refractivity contribution in [1.29, 1.82) is 0 Å². The number of hydrogen-bond acceptors (Lipinski definition) is 2. The average Bonchev–Trinajstić information content (AvgIpc) is 2.53. The summed E-state index contributed by atoms with van der Waals surface area (Å²) >= 11 is 0. The van der Waals surface area contributed by atoms with E-state index in [9.17, 15) is 0 Å². The second-order valence-electron chi connectivity index (χ2n) is 7.99. The Kier molecular flexibility index (Phi) is 8.13. The van der Waals surface area contributed by atoms with E-state index in [0.717, 1.165) is 5.92 Å². The molecule has 1 aliphatic heterocycles. The van der Waals surface area contributed by atoms with Crippen LogP contribution in [0.25, 0.3) is 0 Å². The van der Waals surface area contributed by atoms with Gasteiger partial charge < -0.3 is 10.2 Å². The third-order valence-corrected chi connectivity index (χ3v) is 4.43. The number of hydrogen-bond donors (Lipinski definition) is 1. The van der Waals surface area contributed by atoms with Crippen molar-refractivity contribution >= 4 is 0 Å². The number of nitrogens with zero attached hydrogens (tertiary/aromatic N) is 1. The summed E-state index contributed by atoms with van der Waals surface area (Å²) < 4.78 is 0. The minimum Gasteiger partial charge on any atom is -0.313 e. The highest BCUT2D eigenvalue weighted by Crippen LogP contribution is 2.26. The topological polar surface area (TPSA) is 15.3 Å². The van der Waals surface area contributed by atoms with Gasteiger partial charge in [-0.2, -0.15) is 0 Å². The Bertz CT molecular complexity index is 248. The van der Waals surface area contributed by atoms with E-state index in [1.54, 1.807) is 0 Å². The van der Waals surface area contributed by atoms with E-state index in [-0.39, 0.29) is 0 Å². The van der Waals surface area contributed by atoms with Crippen molar-refractivity contribution < 1.29 is 0 Å². The van der Waals surface area contributed by atoms with Crippen molar-refractivity contribution in [3.05, 3.63) is 0 Å². The van der Waals surface area contributed by atoms with Crippen molar-refractivity contribution in [3.8, 4) is 0 Å². The molecule has 0 aliphatic carbocycles. The van der Waals surface area contributed by atoms with E-state index in [1.165, 1.54) is 64.7 Å². The zero-order valence-corrected chi connectivity index (χ0v) is 14.7. The summed E-state index contributed by atoms with van der Waals surface area (Å²) in [7, 11) is 0. The van der Waals surface area contributed by atoms with Gasteiger partial charge in [0.15, 0.2) is 0 Å². The number of unbranched alkanes of at least 4 members (excludes halogenated alkanes) is 2. The summed E-state index contributed by atoms with van der Waals surface area (Å²) in [6.45, 7) is 16.9. The van der Waals surface area contributed by atoms with E-state index < -0.39 is 0 Å². The van der Waals surface area contributed by atoms with Crippen molar-refractivity contribution in [2.75, 3.05) is 26.2 Å². The van der Waals surface area contributed by atoms with Crippen LogP contribution < -0.4 is 5.32 Å². The molecule has 1 N–H and O–H groups in total. The Morgan fingerprint density at radius 2 is 2.00 bits per heavy atom. The van der Waals surface area contributed by atoms with Gasteiger partial charge in [-0.15, -0.1) is 0 Å². The van der Waals surface area contributed by atoms with Crippen LogP contribution in [0.5, 0.6) is 0 Å². The molecular formula is C18H38N2. The molecule has 0 bridgehead atoms. The molecule has 0 aromatic rings. The van der Waals surface area contributed by atoms with Gasteiger partial charge in [0.05, 0.1) is 0 Å². The van der Waals surface area contributed by atoms with Gasteiger partial charge in [0, 0.05) is 19.1 Å². The van der Waals surface area contributed by atoms with Gasteiger partial charge in [0.25, 0.3) is 0 Å². The highest BCUT2D eigenvalue weighted by Gasteiger charge is 2.25. The molecule has 2 nitrogen and oxygen atoms in total. The maximum Gasteiger partial charge on any atom is 0.0197 e. The maximum absolute atomic E-state index is 3.74. The summed E-state index contributed by atoms with van der Waals surface area (Å²) in [6.07, 6.45) is 8.11. The highest BCUT2D eigenvalue weighted by atomic mass is 15.2. The van der Waals surface area contributed by atoms with E-state index in [2.05, 4.69) is 44.8 Å². The normalized spacial score (nSPS) is 22.2. The first-order valence-corrected chi connectivity index (χ1v) is 8.88. The molecule has 1 fully saturated rings. The first kappa shape index (κ1) is 18.0. The van der Waals surface area contributed by atoms with Gasteiger partial charge in [-0.3, -0.25) is 0 Å². The molecule has 1 atom stereocenters. The second kappa shape index (κ2) is 9.04. The van der Waals surface area contributed by atoms with Gasteiger partial charge in [-0.25, -0.2) is 0 Å². The zero-order chi connectivity index (χ0) is 15.0. The summed E-state index contributed by atoms with van der Waals surface area (Å²) in [6, 6.07) is 0.698. The van der Waals surface area contributed by atoms with E-state index >= 15 is 0 Å². The minimum atomic E-state index is 0.474. The van der Waals surface area contributed by atoms with Crippen LogP contribution in [-0.2, 0) is 0 Å². The minimum absolute atomic E-state index is 0.474. The van der Waals surface area contributed by atoms with Crippen LogP contribution in [0.15, 0.2) is 0 Å². The molecule has 0 spiro atoms. The number of rotatable bonds is 8. The van der Waals surface area contributed by atoms with Crippen molar-refractivity contribution in [3.63, 3.8) is 0 Å². The number of nitrogens with one attached hydrogen (secondary N) is 1. The molecule has 2 heteroatoms. The largest absolute Gasteiger partial charge is 0.313 e. The van der Waals surface area contributed by atoms with Crippen LogP contribution in [0.4, 0.5) is 0 Å². The van der Waals surface area contributed by atoms with Gasteiger partial charge in [0.2, 0.25) is 0 Å². The monoisotopic (exact) mass is 282 g/mol. The quantitative estimate of drug-likeness (QED) is 0.668. The van der Waals surface area contributed by atoms with E-state index in [1.807, 2.05) is 0 Å².